The van der Waals surface area contributed by atoms with Gasteiger partial charge in [-0.25, -0.2) is 4.39 Å². The van der Waals surface area contributed by atoms with Gasteiger partial charge in [-0.15, -0.1) is 0 Å². The third-order valence-electron chi connectivity index (χ3n) is 2.98. The summed E-state index contributed by atoms with van der Waals surface area (Å²) in [5, 5.41) is 0. The predicted molar refractivity (Wildman–Crippen MR) is 78.4 cm³/mol. The highest BCUT2D eigenvalue weighted by Crippen LogP contribution is 2.21. The Labute approximate surface area is 121 Å². The molecule has 19 heavy (non-hydrogen) atoms. The van der Waals surface area contributed by atoms with Crippen molar-refractivity contribution in [3.8, 4) is 0 Å². The SMILES string of the molecule is Cc1cnc(C(N)Cc2cc(F)cc(Br)c2)c(C)c1. The van der Waals surface area contributed by atoms with Crippen LogP contribution in [0.4, 0.5) is 4.39 Å². The standard InChI is InChI=1S/C15H16BrFN2/c1-9-3-10(2)15(19-8-9)14(18)6-11-4-12(16)7-13(17)5-11/h3-5,7-8,14H,6,18H2,1-2H3. The molecular weight excluding hydrogens is 307 g/mol. The van der Waals surface area contributed by atoms with Gasteiger partial charge in [0.05, 0.1) is 11.7 Å². The molecule has 1 aromatic carbocycles. The molecule has 100 valence electrons. The summed E-state index contributed by atoms with van der Waals surface area (Å²) < 4.78 is 14.1. The van der Waals surface area contributed by atoms with Crippen molar-refractivity contribution in [1.82, 2.24) is 4.98 Å². The van der Waals surface area contributed by atoms with Crippen LogP contribution in [0.15, 0.2) is 34.9 Å². The van der Waals surface area contributed by atoms with Gasteiger partial charge in [-0.1, -0.05) is 22.0 Å². The van der Waals surface area contributed by atoms with E-state index in [1.165, 1.54) is 12.1 Å². The zero-order chi connectivity index (χ0) is 14.0. The molecule has 0 fully saturated rings. The van der Waals surface area contributed by atoms with Gasteiger partial charge in [-0.05, 0) is 55.2 Å². The lowest BCUT2D eigenvalue weighted by Crippen LogP contribution is -2.16. The van der Waals surface area contributed by atoms with E-state index in [9.17, 15) is 4.39 Å². The lowest BCUT2D eigenvalue weighted by Gasteiger charge is -2.14. The predicted octanol–water partition coefficient (Wildman–Crippen LogP) is 3.84. The fourth-order valence-corrected chi connectivity index (χ4v) is 2.71. The van der Waals surface area contributed by atoms with Crippen LogP contribution in [-0.4, -0.2) is 4.98 Å². The van der Waals surface area contributed by atoms with Gasteiger partial charge in [0.15, 0.2) is 0 Å². The minimum Gasteiger partial charge on any atom is -0.322 e. The monoisotopic (exact) mass is 322 g/mol. The molecule has 0 aliphatic heterocycles. The summed E-state index contributed by atoms with van der Waals surface area (Å²) in [5.41, 5.74) is 10.1. The van der Waals surface area contributed by atoms with E-state index in [1.807, 2.05) is 26.1 Å². The molecule has 2 nitrogen and oxygen atoms in total. The molecule has 0 amide bonds. The van der Waals surface area contributed by atoms with Gasteiger partial charge >= 0.3 is 0 Å². The van der Waals surface area contributed by atoms with Crippen LogP contribution in [0, 0.1) is 19.7 Å². The zero-order valence-corrected chi connectivity index (χ0v) is 12.5. The molecule has 1 heterocycles. The average molecular weight is 323 g/mol. The number of aromatic nitrogens is 1. The third kappa shape index (κ3) is 3.61. The maximum Gasteiger partial charge on any atom is 0.124 e. The van der Waals surface area contributed by atoms with E-state index in [4.69, 9.17) is 5.73 Å². The maximum absolute atomic E-state index is 13.3. The Hall–Kier alpha value is -1.26. The third-order valence-corrected chi connectivity index (χ3v) is 3.44. The van der Waals surface area contributed by atoms with Crippen LogP contribution in [0.25, 0.3) is 0 Å². The number of nitrogens with zero attached hydrogens (tertiary/aromatic N) is 1. The number of aryl methyl sites for hydroxylation is 2. The smallest absolute Gasteiger partial charge is 0.124 e. The molecule has 0 saturated heterocycles. The summed E-state index contributed by atoms with van der Waals surface area (Å²) in [6.07, 6.45) is 2.37. The van der Waals surface area contributed by atoms with Crippen LogP contribution in [0.5, 0.6) is 0 Å². The Morgan fingerprint density at radius 2 is 2.00 bits per heavy atom. The van der Waals surface area contributed by atoms with Gasteiger partial charge < -0.3 is 5.73 Å². The molecule has 0 aliphatic carbocycles. The highest BCUT2D eigenvalue weighted by Gasteiger charge is 2.12. The molecule has 4 heteroatoms. The van der Waals surface area contributed by atoms with E-state index >= 15 is 0 Å². The number of hydrogen-bond donors (Lipinski definition) is 1. The molecule has 2 N–H and O–H groups in total. The number of nitrogens with two attached hydrogens (primary N) is 1. The van der Waals surface area contributed by atoms with Gasteiger partial charge in [0.2, 0.25) is 0 Å². The minimum absolute atomic E-state index is 0.228. The first-order valence-electron chi connectivity index (χ1n) is 6.09. The second-order valence-corrected chi connectivity index (χ2v) is 5.72. The van der Waals surface area contributed by atoms with Crippen molar-refractivity contribution in [2.45, 2.75) is 26.3 Å². The number of pyridine rings is 1. The van der Waals surface area contributed by atoms with Crippen LogP contribution in [0.1, 0.15) is 28.4 Å². The van der Waals surface area contributed by atoms with Crippen LogP contribution in [0.3, 0.4) is 0 Å². The Bertz CT molecular complexity index is 578. The summed E-state index contributed by atoms with van der Waals surface area (Å²) in [6, 6.07) is 6.66. The molecule has 0 spiro atoms. The van der Waals surface area contributed by atoms with Crippen LogP contribution in [-0.2, 0) is 6.42 Å². The van der Waals surface area contributed by atoms with E-state index in [-0.39, 0.29) is 11.9 Å². The van der Waals surface area contributed by atoms with Crippen molar-refractivity contribution in [3.05, 3.63) is 63.1 Å². The molecule has 1 unspecified atom stereocenters. The van der Waals surface area contributed by atoms with Crippen molar-refractivity contribution in [1.29, 1.82) is 0 Å². The topological polar surface area (TPSA) is 38.9 Å². The molecule has 0 radical (unpaired) electrons. The van der Waals surface area contributed by atoms with Crippen LogP contribution >= 0.6 is 15.9 Å². The molecule has 2 rings (SSSR count). The summed E-state index contributed by atoms with van der Waals surface area (Å²) in [5.74, 6) is -0.259. The molecular formula is C15H16BrFN2. The highest BCUT2D eigenvalue weighted by molar-refractivity contribution is 9.10. The van der Waals surface area contributed by atoms with Gasteiger partial charge in [-0.3, -0.25) is 4.98 Å². The lowest BCUT2D eigenvalue weighted by molar-refractivity contribution is 0.619. The highest BCUT2D eigenvalue weighted by atomic mass is 79.9. The van der Waals surface area contributed by atoms with Gasteiger partial charge in [0, 0.05) is 10.7 Å². The molecule has 1 aromatic heterocycles. The lowest BCUT2D eigenvalue weighted by atomic mass is 10.00. The summed E-state index contributed by atoms with van der Waals surface area (Å²) in [6.45, 7) is 4.00. The first-order valence-corrected chi connectivity index (χ1v) is 6.88. The second-order valence-electron chi connectivity index (χ2n) is 4.80. The Morgan fingerprint density at radius 1 is 1.26 bits per heavy atom. The van der Waals surface area contributed by atoms with E-state index < -0.39 is 0 Å². The fraction of sp³-hybridized carbons (Fsp3) is 0.267. The van der Waals surface area contributed by atoms with Gasteiger partial charge in [0.1, 0.15) is 5.82 Å². The largest absolute Gasteiger partial charge is 0.322 e. The first kappa shape index (κ1) is 14.2. The Morgan fingerprint density at radius 3 is 2.63 bits per heavy atom. The van der Waals surface area contributed by atoms with Gasteiger partial charge in [0.25, 0.3) is 0 Å². The number of benzene rings is 1. The zero-order valence-electron chi connectivity index (χ0n) is 11.0. The minimum atomic E-state index is -0.259. The summed E-state index contributed by atoms with van der Waals surface area (Å²) >= 11 is 3.29. The first-order chi connectivity index (χ1) is 8.95. The second kappa shape index (κ2) is 5.80. The number of rotatable bonds is 3. The molecule has 0 aliphatic rings. The van der Waals surface area contributed by atoms with Crippen molar-refractivity contribution >= 4 is 15.9 Å². The normalized spacial score (nSPS) is 12.5. The average Bonchev–Trinajstić information content (AvgIpc) is 2.26. The van der Waals surface area contributed by atoms with E-state index in [1.54, 1.807) is 0 Å². The summed E-state index contributed by atoms with van der Waals surface area (Å²) in [4.78, 5) is 4.39. The van der Waals surface area contributed by atoms with Crippen molar-refractivity contribution < 1.29 is 4.39 Å². The Kier molecular flexibility index (Phi) is 4.32. The van der Waals surface area contributed by atoms with Crippen molar-refractivity contribution in [3.63, 3.8) is 0 Å². The molecule has 1 atom stereocenters. The number of hydrogen-bond acceptors (Lipinski definition) is 2. The van der Waals surface area contributed by atoms with E-state index in [0.717, 1.165) is 26.9 Å². The molecule has 0 bridgehead atoms. The van der Waals surface area contributed by atoms with Gasteiger partial charge in [-0.2, -0.15) is 0 Å². The summed E-state index contributed by atoms with van der Waals surface area (Å²) in [7, 11) is 0. The van der Waals surface area contributed by atoms with Crippen molar-refractivity contribution in [2.24, 2.45) is 5.73 Å². The maximum atomic E-state index is 13.3. The fourth-order valence-electron chi connectivity index (χ4n) is 2.19. The number of halogens is 2. The van der Waals surface area contributed by atoms with Crippen LogP contribution in [0.2, 0.25) is 0 Å². The van der Waals surface area contributed by atoms with Crippen LogP contribution < -0.4 is 5.73 Å². The molecule has 2 aromatic rings. The van der Waals surface area contributed by atoms with E-state index in [2.05, 4.69) is 27.0 Å². The Balaban J connectivity index is 2.22. The molecule has 0 saturated carbocycles. The quantitative estimate of drug-likeness (QED) is 0.932. The van der Waals surface area contributed by atoms with E-state index in [0.29, 0.717) is 6.42 Å². The van der Waals surface area contributed by atoms with Crippen molar-refractivity contribution in [2.75, 3.05) is 0 Å².